The number of benzene rings is 1. The standard InChI is InChI=1S/C35H56N4O8Si/c1-23(2)28(22-46-16-17-48(6,7)8)31(40)36-25-18-24(20-37(21-25)34(43)44)32(41)39(26-10-11-26)27-12-13-30-29(19-27)38(14-9-15-45-5)33(42)35(3,4)47-30/h12-13,19,23-26,28H,9-11,14-18,20-22H2,1-8H3,(H,36,40)(H,43,44)/t24-,25+,28?/m1/s1. The summed E-state index contributed by atoms with van der Waals surface area (Å²) in [5.41, 5.74) is 0.195. The second-order valence-electron chi connectivity index (χ2n) is 15.6. The first-order valence-corrected chi connectivity index (χ1v) is 21.1. The molecule has 2 N–H and O–H groups in total. The number of hydrogen-bond donors (Lipinski definition) is 2. The molecule has 13 heteroatoms. The SMILES string of the molecule is COCCCN1C(=O)C(C)(C)Oc2ccc(N(C(=O)[C@@H]3C[C@H](NC(=O)C(COCC[Si](C)(C)C)C(C)C)CN(C(=O)O)C3)C3CC3)cc21. The summed E-state index contributed by atoms with van der Waals surface area (Å²) in [5.74, 6) is -0.998. The summed E-state index contributed by atoms with van der Waals surface area (Å²) in [7, 11) is 0.350. The minimum atomic E-state index is -1.27. The van der Waals surface area contributed by atoms with Gasteiger partial charge in [-0.15, -0.1) is 0 Å². The van der Waals surface area contributed by atoms with Gasteiger partial charge in [-0.2, -0.15) is 0 Å². The molecule has 12 nitrogen and oxygen atoms in total. The van der Waals surface area contributed by atoms with Crippen molar-refractivity contribution in [3.05, 3.63) is 18.2 Å². The third kappa shape index (κ3) is 9.50. The van der Waals surface area contributed by atoms with E-state index in [1.54, 1.807) is 36.8 Å². The highest BCUT2D eigenvalue weighted by atomic mass is 28.3. The number of nitrogens with one attached hydrogen (secondary N) is 1. The van der Waals surface area contributed by atoms with Crippen molar-refractivity contribution in [2.75, 3.05) is 56.4 Å². The lowest BCUT2D eigenvalue weighted by molar-refractivity contribution is -0.132. The Bertz CT molecular complexity index is 1330. The van der Waals surface area contributed by atoms with E-state index in [2.05, 4.69) is 25.0 Å². The molecule has 4 rings (SSSR count). The van der Waals surface area contributed by atoms with Crippen LogP contribution in [-0.2, 0) is 23.9 Å². The average molecular weight is 689 g/mol. The predicted octanol–water partition coefficient (Wildman–Crippen LogP) is 4.83. The van der Waals surface area contributed by atoms with E-state index in [-0.39, 0.29) is 48.7 Å². The molecule has 3 aliphatic rings. The second-order valence-corrected chi connectivity index (χ2v) is 21.2. The van der Waals surface area contributed by atoms with E-state index in [9.17, 15) is 24.3 Å². The van der Waals surface area contributed by atoms with E-state index in [4.69, 9.17) is 14.2 Å². The Balaban J connectivity index is 1.53. The van der Waals surface area contributed by atoms with Crippen LogP contribution in [0, 0.1) is 17.8 Å². The molecule has 2 heterocycles. The molecule has 0 spiro atoms. The van der Waals surface area contributed by atoms with Gasteiger partial charge in [-0.05, 0) is 69.7 Å². The van der Waals surface area contributed by atoms with Crippen molar-refractivity contribution in [1.29, 1.82) is 0 Å². The summed E-state index contributed by atoms with van der Waals surface area (Å²) in [6.07, 6.45) is 1.48. The van der Waals surface area contributed by atoms with Crippen molar-refractivity contribution >= 4 is 43.3 Å². The molecule has 48 heavy (non-hydrogen) atoms. The Morgan fingerprint density at radius 1 is 1.15 bits per heavy atom. The van der Waals surface area contributed by atoms with Crippen LogP contribution < -0.4 is 19.9 Å². The van der Waals surface area contributed by atoms with Crippen LogP contribution >= 0.6 is 0 Å². The number of carbonyl (C=O) groups excluding carboxylic acids is 3. The minimum Gasteiger partial charge on any atom is -0.476 e. The van der Waals surface area contributed by atoms with Crippen molar-refractivity contribution < 1.29 is 38.5 Å². The summed E-state index contributed by atoms with van der Waals surface area (Å²) in [4.78, 5) is 58.2. The fraction of sp³-hybridized carbons (Fsp3) is 0.714. The topological polar surface area (TPSA) is 138 Å². The molecule has 2 aliphatic heterocycles. The number of rotatable bonds is 15. The third-order valence-corrected chi connectivity index (χ3v) is 11.1. The van der Waals surface area contributed by atoms with E-state index in [1.807, 2.05) is 26.0 Å². The molecule has 2 fully saturated rings. The van der Waals surface area contributed by atoms with Crippen LogP contribution in [0.15, 0.2) is 18.2 Å². The number of methoxy groups -OCH3 is 1. The van der Waals surface area contributed by atoms with Crippen LogP contribution in [0.2, 0.25) is 25.7 Å². The van der Waals surface area contributed by atoms with Gasteiger partial charge in [-0.25, -0.2) is 4.79 Å². The molecule has 268 valence electrons. The van der Waals surface area contributed by atoms with Gasteiger partial charge in [-0.3, -0.25) is 14.4 Å². The molecule has 3 atom stereocenters. The number of likely N-dealkylation sites (tertiary alicyclic amines) is 1. The van der Waals surface area contributed by atoms with Crippen molar-refractivity contribution in [3.8, 4) is 5.75 Å². The first-order valence-electron chi connectivity index (χ1n) is 17.4. The van der Waals surface area contributed by atoms with Crippen LogP contribution in [0.5, 0.6) is 5.75 Å². The van der Waals surface area contributed by atoms with Gasteiger partial charge >= 0.3 is 6.09 Å². The number of carbonyl (C=O) groups is 4. The molecular formula is C35H56N4O8Si. The second kappa shape index (κ2) is 15.6. The van der Waals surface area contributed by atoms with Crippen molar-refractivity contribution in [2.45, 2.75) is 96.7 Å². The number of ether oxygens (including phenoxy) is 3. The number of amides is 4. The van der Waals surface area contributed by atoms with Crippen LogP contribution in [0.4, 0.5) is 16.2 Å². The van der Waals surface area contributed by atoms with Gasteiger partial charge in [0, 0.05) is 65.8 Å². The monoisotopic (exact) mass is 688 g/mol. The number of piperidine rings is 1. The smallest absolute Gasteiger partial charge is 0.407 e. The highest BCUT2D eigenvalue weighted by Gasteiger charge is 2.44. The summed E-state index contributed by atoms with van der Waals surface area (Å²) in [6.45, 7) is 16.3. The normalized spacial score (nSPS) is 21.4. The van der Waals surface area contributed by atoms with Gasteiger partial charge < -0.3 is 39.3 Å². The molecule has 0 radical (unpaired) electrons. The molecule has 1 aliphatic carbocycles. The largest absolute Gasteiger partial charge is 0.476 e. The molecule has 0 aromatic heterocycles. The Morgan fingerprint density at radius 3 is 2.46 bits per heavy atom. The summed E-state index contributed by atoms with van der Waals surface area (Å²) >= 11 is 0. The molecular weight excluding hydrogens is 632 g/mol. The van der Waals surface area contributed by atoms with Crippen molar-refractivity contribution in [1.82, 2.24) is 10.2 Å². The van der Waals surface area contributed by atoms with Crippen molar-refractivity contribution in [2.24, 2.45) is 17.8 Å². The summed E-state index contributed by atoms with van der Waals surface area (Å²) in [6, 6.07) is 5.93. The zero-order valence-corrected chi connectivity index (χ0v) is 31.0. The van der Waals surface area contributed by atoms with Gasteiger partial charge in [0.25, 0.3) is 5.91 Å². The average Bonchev–Trinajstić information content (AvgIpc) is 3.83. The third-order valence-electron chi connectivity index (χ3n) is 9.37. The fourth-order valence-electron chi connectivity index (χ4n) is 6.35. The van der Waals surface area contributed by atoms with Crippen LogP contribution in [-0.4, -0.2) is 106 Å². The molecule has 1 aromatic rings. The number of nitrogens with zero attached hydrogens (tertiary/aromatic N) is 3. The number of fused-ring (bicyclic) bond motifs is 1. The molecule has 1 unspecified atom stereocenters. The lowest BCUT2D eigenvalue weighted by Gasteiger charge is -2.40. The van der Waals surface area contributed by atoms with Crippen LogP contribution in [0.25, 0.3) is 0 Å². The van der Waals surface area contributed by atoms with E-state index in [0.717, 1.165) is 18.9 Å². The van der Waals surface area contributed by atoms with Crippen molar-refractivity contribution in [3.63, 3.8) is 0 Å². The Kier molecular flexibility index (Phi) is 12.2. The molecule has 1 aromatic carbocycles. The maximum atomic E-state index is 14.4. The minimum absolute atomic E-state index is 0.0262. The maximum absolute atomic E-state index is 14.4. The van der Waals surface area contributed by atoms with E-state index >= 15 is 0 Å². The van der Waals surface area contributed by atoms with Gasteiger partial charge in [0.2, 0.25) is 11.8 Å². The highest BCUT2D eigenvalue weighted by Crippen LogP contribution is 2.43. The van der Waals surface area contributed by atoms with Gasteiger partial charge in [0.1, 0.15) is 5.75 Å². The Labute approximate surface area is 286 Å². The quantitative estimate of drug-likeness (QED) is 0.198. The molecule has 1 saturated carbocycles. The Hall–Kier alpha value is -3.16. The fourth-order valence-corrected chi connectivity index (χ4v) is 7.11. The zero-order valence-electron chi connectivity index (χ0n) is 30.0. The summed E-state index contributed by atoms with van der Waals surface area (Å²) < 4.78 is 17.2. The summed E-state index contributed by atoms with van der Waals surface area (Å²) in [5, 5.41) is 13.1. The predicted molar refractivity (Wildman–Crippen MR) is 187 cm³/mol. The maximum Gasteiger partial charge on any atom is 0.407 e. The van der Waals surface area contributed by atoms with Gasteiger partial charge in [-0.1, -0.05) is 33.5 Å². The zero-order chi connectivity index (χ0) is 35.4. The lowest BCUT2D eigenvalue weighted by Crippen LogP contribution is -2.57. The van der Waals surface area contributed by atoms with Crippen LogP contribution in [0.1, 0.15) is 53.4 Å². The van der Waals surface area contributed by atoms with E-state index < -0.39 is 31.7 Å². The van der Waals surface area contributed by atoms with Gasteiger partial charge in [0.05, 0.1) is 24.1 Å². The van der Waals surface area contributed by atoms with Gasteiger partial charge in [0.15, 0.2) is 5.60 Å². The highest BCUT2D eigenvalue weighted by molar-refractivity contribution is 6.76. The number of hydrogen-bond acceptors (Lipinski definition) is 7. The first-order chi connectivity index (χ1) is 22.5. The lowest BCUT2D eigenvalue weighted by atomic mass is 9.91. The van der Waals surface area contributed by atoms with Crippen LogP contribution in [0.3, 0.4) is 0 Å². The van der Waals surface area contributed by atoms with E-state index in [0.29, 0.717) is 56.3 Å². The first kappa shape index (κ1) is 37.7. The molecule has 4 amide bonds. The molecule has 0 bridgehead atoms. The van der Waals surface area contributed by atoms with E-state index in [1.165, 1.54) is 4.90 Å². The number of carboxylic acid groups (broad SMARTS) is 1. The Morgan fingerprint density at radius 2 is 1.85 bits per heavy atom. The molecule has 1 saturated heterocycles. The number of anilines is 2.